The Bertz CT molecular complexity index is 912. The molecule has 2 aromatic carbocycles. The Morgan fingerprint density at radius 2 is 1.74 bits per heavy atom. The van der Waals surface area contributed by atoms with Crippen LogP contribution in [0.4, 0.5) is 0 Å². The first-order valence-corrected chi connectivity index (χ1v) is 9.83. The minimum absolute atomic E-state index is 0.0742. The lowest BCUT2D eigenvalue weighted by molar-refractivity contribution is -0.122. The van der Waals surface area contributed by atoms with Crippen LogP contribution in [0.2, 0.25) is 0 Å². The van der Waals surface area contributed by atoms with E-state index in [-0.39, 0.29) is 11.4 Å². The van der Waals surface area contributed by atoms with Gasteiger partial charge in [0.05, 0.1) is 25.2 Å². The number of carbonyl (C=O) groups is 1. The number of nitrogens with one attached hydrogen (secondary N) is 2. The van der Waals surface area contributed by atoms with Crippen molar-refractivity contribution in [3.8, 4) is 11.5 Å². The second kappa shape index (κ2) is 8.88. The fraction of sp³-hybridized carbons (Fsp3) is 0.316. The Hall–Kier alpha value is -2.58. The van der Waals surface area contributed by atoms with Gasteiger partial charge in [-0.1, -0.05) is 18.2 Å². The first-order chi connectivity index (χ1) is 12.8. The molecule has 0 aliphatic rings. The lowest BCUT2D eigenvalue weighted by Crippen LogP contribution is -2.44. The molecule has 0 unspecified atom stereocenters. The van der Waals surface area contributed by atoms with E-state index in [2.05, 4.69) is 10.0 Å². The summed E-state index contributed by atoms with van der Waals surface area (Å²) in [5.74, 6) is 0.811. The number of para-hydroxylation sites is 1. The van der Waals surface area contributed by atoms with Gasteiger partial charge in [-0.25, -0.2) is 8.42 Å². The Morgan fingerprint density at radius 1 is 1.07 bits per heavy atom. The van der Waals surface area contributed by atoms with E-state index in [1.165, 1.54) is 26.2 Å². The van der Waals surface area contributed by atoms with Gasteiger partial charge in [0.2, 0.25) is 15.9 Å². The Morgan fingerprint density at radius 3 is 2.37 bits per heavy atom. The molecule has 0 spiro atoms. The summed E-state index contributed by atoms with van der Waals surface area (Å²) in [5.41, 5.74) is 1.49. The van der Waals surface area contributed by atoms with E-state index in [4.69, 9.17) is 9.47 Å². The van der Waals surface area contributed by atoms with Crippen LogP contribution < -0.4 is 19.5 Å². The van der Waals surface area contributed by atoms with Crippen LogP contribution in [0, 0.1) is 6.92 Å². The minimum atomic E-state index is -3.84. The molecule has 27 heavy (non-hydrogen) atoms. The third-order valence-corrected chi connectivity index (χ3v) is 5.59. The minimum Gasteiger partial charge on any atom is -0.496 e. The summed E-state index contributed by atoms with van der Waals surface area (Å²) in [6.45, 7) is 3.48. The highest BCUT2D eigenvalue weighted by Crippen LogP contribution is 2.21. The predicted octanol–water partition coefficient (Wildman–Crippen LogP) is 2.00. The molecule has 8 heteroatoms. The van der Waals surface area contributed by atoms with Gasteiger partial charge in [0.1, 0.15) is 11.5 Å². The SMILES string of the molecule is COc1ccc(S(=O)(=O)N[C@@H](C)C(=O)NCc2ccccc2OC)cc1C. The number of hydrogen-bond donors (Lipinski definition) is 2. The zero-order valence-electron chi connectivity index (χ0n) is 15.8. The standard InChI is InChI=1S/C19H24N2O5S/c1-13-11-16(9-10-17(13)25-3)27(23,24)21-14(2)19(22)20-12-15-7-5-6-8-18(15)26-4/h5-11,14,21H,12H2,1-4H3,(H,20,22)/t14-/m0/s1. The van der Waals surface area contributed by atoms with Crippen molar-refractivity contribution in [1.29, 1.82) is 0 Å². The van der Waals surface area contributed by atoms with Crippen molar-refractivity contribution in [3.05, 3.63) is 53.6 Å². The number of hydrogen-bond acceptors (Lipinski definition) is 5. The average molecular weight is 392 g/mol. The third kappa shape index (κ3) is 5.21. The number of benzene rings is 2. The van der Waals surface area contributed by atoms with Gasteiger partial charge in [-0.05, 0) is 43.7 Å². The normalized spacial score (nSPS) is 12.3. The first-order valence-electron chi connectivity index (χ1n) is 8.35. The molecule has 0 saturated carbocycles. The quantitative estimate of drug-likeness (QED) is 0.717. The number of ether oxygens (including phenoxy) is 2. The molecular formula is C19H24N2O5S. The first kappa shape index (κ1) is 20.7. The van der Waals surface area contributed by atoms with E-state index in [1.54, 1.807) is 26.2 Å². The highest BCUT2D eigenvalue weighted by molar-refractivity contribution is 7.89. The molecule has 0 bridgehead atoms. The second-order valence-corrected chi connectivity index (χ2v) is 7.72. The van der Waals surface area contributed by atoms with Crippen molar-refractivity contribution in [2.24, 2.45) is 0 Å². The van der Waals surface area contributed by atoms with Gasteiger partial charge in [0, 0.05) is 12.1 Å². The molecule has 0 aliphatic carbocycles. The van der Waals surface area contributed by atoms with Crippen LogP contribution in [0.25, 0.3) is 0 Å². The summed E-state index contributed by atoms with van der Waals surface area (Å²) in [5, 5.41) is 2.71. The summed E-state index contributed by atoms with van der Waals surface area (Å²) in [4.78, 5) is 12.4. The van der Waals surface area contributed by atoms with Gasteiger partial charge < -0.3 is 14.8 Å². The van der Waals surface area contributed by atoms with E-state index >= 15 is 0 Å². The molecule has 7 nitrogen and oxygen atoms in total. The van der Waals surface area contributed by atoms with Gasteiger partial charge in [0.25, 0.3) is 0 Å². The molecule has 0 fully saturated rings. The molecular weight excluding hydrogens is 368 g/mol. The second-order valence-electron chi connectivity index (χ2n) is 6.00. The molecule has 1 atom stereocenters. The van der Waals surface area contributed by atoms with Gasteiger partial charge in [0.15, 0.2) is 0 Å². The van der Waals surface area contributed by atoms with Crippen molar-refractivity contribution < 1.29 is 22.7 Å². The molecule has 146 valence electrons. The van der Waals surface area contributed by atoms with Crippen LogP contribution in [-0.2, 0) is 21.4 Å². The number of methoxy groups -OCH3 is 2. The van der Waals surface area contributed by atoms with Crippen molar-refractivity contribution in [2.75, 3.05) is 14.2 Å². The van der Waals surface area contributed by atoms with Crippen LogP contribution in [0.5, 0.6) is 11.5 Å². The monoisotopic (exact) mass is 392 g/mol. The zero-order valence-corrected chi connectivity index (χ0v) is 16.6. The third-order valence-electron chi connectivity index (χ3n) is 4.05. The van der Waals surface area contributed by atoms with Gasteiger partial charge in [-0.3, -0.25) is 4.79 Å². The van der Waals surface area contributed by atoms with E-state index < -0.39 is 22.0 Å². The Balaban J connectivity index is 2.03. The van der Waals surface area contributed by atoms with E-state index in [9.17, 15) is 13.2 Å². The fourth-order valence-corrected chi connectivity index (χ4v) is 3.84. The molecule has 0 radical (unpaired) electrons. The average Bonchev–Trinajstić information content (AvgIpc) is 2.65. The van der Waals surface area contributed by atoms with E-state index in [0.29, 0.717) is 17.1 Å². The van der Waals surface area contributed by atoms with Crippen LogP contribution in [0.3, 0.4) is 0 Å². The maximum Gasteiger partial charge on any atom is 0.241 e. The van der Waals surface area contributed by atoms with Crippen LogP contribution in [-0.4, -0.2) is 34.6 Å². The van der Waals surface area contributed by atoms with Gasteiger partial charge >= 0.3 is 0 Å². The molecule has 2 N–H and O–H groups in total. The molecule has 1 amide bonds. The molecule has 2 aromatic rings. The lowest BCUT2D eigenvalue weighted by Gasteiger charge is -2.16. The van der Waals surface area contributed by atoms with Gasteiger partial charge in [-0.2, -0.15) is 4.72 Å². The fourth-order valence-electron chi connectivity index (χ4n) is 2.56. The van der Waals surface area contributed by atoms with Crippen molar-refractivity contribution in [2.45, 2.75) is 31.3 Å². The van der Waals surface area contributed by atoms with Crippen molar-refractivity contribution >= 4 is 15.9 Å². The number of rotatable bonds is 8. The van der Waals surface area contributed by atoms with Crippen LogP contribution in [0.1, 0.15) is 18.1 Å². The van der Waals surface area contributed by atoms with Gasteiger partial charge in [-0.15, -0.1) is 0 Å². The summed E-state index contributed by atoms with van der Waals surface area (Å²) >= 11 is 0. The number of aryl methyl sites for hydroxylation is 1. The highest BCUT2D eigenvalue weighted by Gasteiger charge is 2.22. The number of amides is 1. The zero-order chi connectivity index (χ0) is 20.0. The molecule has 0 aromatic heterocycles. The van der Waals surface area contributed by atoms with Crippen molar-refractivity contribution in [3.63, 3.8) is 0 Å². The Labute approximate surface area is 159 Å². The molecule has 0 heterocycles. The molecule has 2 rings (SSSR count). The molecule has 0 aliphatic heterocycles. The predicted molar refractivity (Wildman–Crippen MR) is 102 cm³/mol. The van der Waals surface area contributed by atoms with Crippen molar-refractivity contribution in [1.82, 2.24) is 10.0 Å². The van der Waals surface area contributed by atoms with Crippen LogP contribution >= 0.6 is 0 Å². The molecule has 0 saturated heterocycles. The Kier molecular flexibility index (Phi) is 6.81. The summed E-state index contributed by atoms with van der Waals surface area (Å²) < 4.78 is 37.8. The number of sulfonamides is 1. The van der Waals surface area contributed by atoms with E-state index in [1.807, 2.05) is 18.2 Å². The largest absolute Gasteiger partial charge is 0.496 e. The summed E-state index contributed by atoms with van der Waals surface area (Å²) in [6, 6.07) is 10.9. The van der Waals surface area contributed by atoms with E-state index in [0.717, 1.165) is 5.56 Å². The smallest absolute Gasteiger partial charge is 0.241 e. The summed E-state index contributed by atoms with van der Waals surface area (Å²) in [6.07, 6.45) is 0. The number of carbonyl (C=O) groups excluding carboxylic acids is 1. The maximum atomic E-state index is 12.5. The highest BCUT2D eigenvalue weighted by atomic mass is 32.2. The topological polar surface area (TPSA) is 93.7 Å². The summed E-state index contributed by atoms with van der Waals surface area (Å²) in [7, 11) is -0.772. The van der Waals surface area contributed by atoms with Crippen LogP contribution in [0.15, 0.2) is 47.4 Å². The lowest BCUT2D eigenvalue weighted by atomic mass is 10.2. The maximum absolute atomic E-state index is 12.5.